The molecule has 1 aliphatic carbocycles. The molecule has 0 saturated heterocycles. The quantitative estimate of drug-likeness (QED) is 0.872. The largest absolute Gasteiger partial charge is 0.382 e. The molecule has 0 bridgehead atoms. The minimum atomic E-state index is -0.205. The molecule has 0 radical (unpaired) electrons. The van der Waals surface area contributed by atoms with E-state index >= 15 is 0 Å². The van der Waals surface area contributed by atoms with Crippen molar-refractivity contribution < 1.29 is 0 Å². The third-order valence-corrected chi connectivity index (χ3v) is 3.98. The molecule has 0 aliphatic heterocycles. The van der Waals surface area contributed by atoms with Crippen LogP contribution in [0, 0.1) is 11.8 Å². The van der Waals surface area contributed by atoms with E-state index in [1.54, 1.807) is 6.20 Å². The molecule has 1 aromatic heterocycles. The minimum absolute atomic E-state index is 0.205. The molecule has 106 valence electrons. The van der Waals surface area contributed by atoms with Crippen LogP contribution in [-0.4, -0.2) is 16.3 Å². The van der Waals surface area contributed by atoms with E-state index in [1.165, 1.54) is 23.9 Å². The Labute approximate surface area is 119 Å². The molecule has 0 amide bonds. The van der Waals surface area contributed by atoms with Gasteiger partial charge < -0.3 is 5.32 Å². The number of hydrogen-bond donors (Lipinski definition) is 1. The fourth-order valence-electron chi connectivity index (χ4n) is 2.26. The van der Waals surface area contributed by atoms with Gasteiger partial charge in [0.1, 0.15) is 5.02 Å². The van der Waals surface area contributed by atoms with Gasteiger partial charge in [0.2, 0.25) is 0 Å². The lowest BCUT2D eigenvalue weighted by Crippen LogP contribution is -2.26. The Morgan fingerprint density at radius 3 is 2.84 bits per heavy atom. The second-order valence-corrected chi connectivity index (χ2v) is 6.14. The van der Waals surface area contributed by atoms with Gasteiger partial charge in [-0.25, -0.2) is 4.68 Å². The summed E-state index contributed by atoms with van der Waals surface area (Å²) in [7, 11) is 0. The van der Waals surface area contributed by atoms with Crippen molar-refractivity contribution in [3.05, 3.63) is 21.6 Å². The van der Waals surface area contributed by atoms with Crippen molar-refractivity contribution in [2.24, 2.45) is 11.8 Å². The topological polar surface area (TPSA) is 46.9 Å². The van der Waals surface area contributed by atoms with Crippen LogP contribution in [-0.2, 0) is 6.54 Å². The van der Waals surface area contributed by atoms with Gasteiger partial charge in [0.15, 0.2) is 0 Å². The van der Waals surface area contributed by atoms with Crippen LogP contribution in [0.15, 0.2) is 11.0 Å². The normalized spacial score (nSPS) is 15.6. The van der Waals surface area contributed by atoms with E-state index in [-0.39, 0.29) is 10.6 Å². The fourth-order valence-corrected chi connectivity index (χ4v) is 2.47. The van der Waals surface area contributed by atoms with Crippen LogP contribution in [0.5, 0.6) is 0 Å². The van der Waals surface area contributed by atoms with Crippen LogP contribution in [0.4, 0.5) is 5.69 Å². The number of rotatable bonds is 6. The van der Waals surface area contributed by atoms with Crippen LogP contribution >= 0.6 is 11.6 Å². The molecular weight excluding hydrogens is 262 g/mol. The van der Waals surface area contributed by atoms with E-state index in [2.05, 4.69) is 10.4 Å². The van der Waals surface area contributed by atoms with E-state index in [9.17, 15) is 4.79 Å². The van der Waals surface area contributed by atoms with Gasteiger partial charge in [-0.05, 0) is 18.3 Å². The molecule has 1 aliphatic rings. The maximum atomic E-state index is 12.0. The summed E-state index contributed by atoms with van der Waals surface area (Å²) in [4.78, 5) is 12.0. The highest BCUT2D eigenvalue weighted by Crippen LogP contribution is 2.29. The van der Waals surface area contributed by atoms with Crippen molar-refractivity contribution >= 4 is 17.3 Å². The van der Waals surface area contributed by atoms with Crippen molar-refractivity contribution in [3.8, 4) is 0 Å². The molecule has 1 saturated carbocycles. The second-order valence-electron chi connectivity index (χ2n) is 5.77. The Bertz CT molecular complexity index is 480. The summed E-state index contributed by atoms with van der Waals surface area (Å²) in [5.41, 5.74) is 0.454. The van der Waals surface area contributed by atoms with Crippen LogP contribution in [0.25, 0.3) is 0 Å². The highest BCUT2D eigenvalue weighted by molar-refractivity contribution is 6.32. The molecule has 5 heteroatoms. The first-order valence-electron chi connectivity index (χ1n) is 7.07. The van der Waals surface area contributed by atoms with E-state index in [0.717, 1.165) is 18.9 Å². The lowest BCUT2D eigenvalue weighted by atomic mass is 9.83. The Morgan fingerprint density at radius 1 is 1.53 bits per heavy atom. The molecule has 1 fully saturated rings. The summed E-state index contributed by atoms with van der Waals surface area (Å²) < 4.78 is 1.43. The average Bonchev–Trinajstić information content (AvgIpc) is 2.30. The van der Waals surface area contributed by atoms with Gasteiger partial charge in [0.25, 0.3) is 5.56 Å². The molecule has 2 rings (SSSR count). The van der Waals surface area contributed by atoms with Gasteiger partial charge in [-0.1, -0.05) is 44.7 Å². The van der Waals surface area contributed by atoms with Crippen molar-refractivity contribution in [2.75, 3.05) is 11.9 Å². The second kappa shape index (κ2) is 6.42. The Morgan fingerprint density at radius 2 is 2.26 bits per heavy atom. The number of halogens is 1. The zero-order valence-corrected chi connectivity index (χ0v) is 12.4. The fraction of sp³-hybridized carbons (Fsp3) is 0.714. The van der Waals surface area contributed by atoms with E-state index < -0.39 is 0 Å². The van der Waals surface area contributed by atoms with Crippen LogP contribution in [0.2, 0.25) is 5.02 Å². The Kier molecular flexibility index (Phi) is 4.86. The highest BCUT2D eigenvalue weighted by Gasteiger charge is 2.17. The first kappa shape index (κ1) is 14.4. The molecule has 1 heterocycles. The summed E-state index contributed by atoms with van der Waals surface area (Å²) in [6.45, 7) is 5.56. The molecule has 0 atom stereocenters. The Balaban J connectivity index is 1.97. The predicted octanol–water partition coefficient (Wildman–Crippen LogP) is 3.15. The number of hydrogen-bond acceptors (Lipinski definition) is 3. The molecule has 1 aromatic rings. The van der Waals surface area contributed by atoms with Gasteiger partial charge >= 0.3 is 0 Å². The maximum Gasteiger partial charge on any atom is 0.287 e. The standard InChI is InChI=1S/C14H22ClN3O/c1-10(2)9-18-14(19)13(15)12(8-17-18)16-7-6-11-4-3-5-11/h8,10-11,16H,3-7,9H2,1-2H3. The molecule has 0 spiro atoms. The zero-order valence-electron chi connectivity index (χ0n) is 11.7. The summed E-state index contributed by atoms with van der Waals surface area (Å²) >= 11 is 6.11. The van der Waals surface area contributed by atoms with E-state index in [0.29, 0.717) is 18.2 Å². The molecule has 0 aromatic carbocycles. The number of nitrogens with zero attached hydrogens (tertiary/aromatic N) is 2. The molecule has 0 unspecified atom stereocenters. The van der Waals surface area contributed by atoms with E-state index in [4.69, 9.17) is 11.6 Å². The van der Waals surface area contributed by atoms with Gasteiger partial charge in [-0.2, -0.15) is 5.10 Å². The molecule has 4 nitrogen and oxygen atoms in total. The minimum Gasteiger partial charge on any atom is -0.382 e. The highest BCUT2D eigenvalue weighted by atomic mass is 35.5. The maximum absolute atomic E-state index is 12.0. The van der Waals surface area contributed by atoms with Gasteiger partial charge in [0, 0.05) is 13.1 Å². The summed E-state index contributed by atoms with van der Waals surface area (Å²) in [5.74, 6) is 1.22. The lowest BCUT2D eigenvalue weighted by molar-refractivity contribution is 0.303. The van der Waals surface area contributed by atoms with Crippen molar-refractivity contribution in [1.29, 1.82) is 0 Å². The lowest BCUT2D eigenvalue weighted by Gasteiger charge is -2.25. The summed E-state index contributed by atoms with van der Waals surface area (Å²) in [5, 5.41) is 7.65. The molecule has 19 heavy (non-hydrogen) atoms. The Hall–Kier alpha value is -1.03. The van der Waals surface area contributed by atoms with Crippen LogP contribution in [0.1, 0.15) is 39.5 Å². The molecule has 1 N–H and O–H groups in total. The summed E-state index contributed by atoms with van der Waals surface area (Å²) in [6.07, 6.45) is 6.84. The van der Waals surface area contributed by atoms with Crippen LogP contribution in [0.3, 0.4) is 0 Å². The smallest absolute Gasteiger partial charge is 0.287 e. The summed E-state index contributed by atoms with van der Waals surface area (Å²) in [6, 6.07) is 0. The first-order chi connectivity index (χ1) is 9.08. The van der Waals surface area contributed by atoms with E-state index in [1.807, 2.05) is 13.8 Å². The molecular formula is C14H22ClN3O. The average molecular weight is 284 g/mol. The zero-order chi connectivity index (χ0) is 13.8. The van der Waals surface area contributed by atoms with Gasteiger partial charge in [-0.3, -0.25) is 4.79 Å². The van der Waals surface area contributed by atoms with Crippen molar-refractivity contribution in [2.45, 2.75) is 46.1 Å². The SMILES string of the molecule is CC(C)Cn1ncc(NCCC2CCC2)c(Cl)c1=O. The van der Waals surface area contributed by atoms with Gasteiger partial charge in [0.05, 0.1) is 11.9 Å². The third-order valence-electron chi connectivity index (χ3n) is 3.62. The first-order valence-corrected chi connectivity index (χ1v) is 7.45. The third kappa shape index (κ3) is 3.72. The monoisotopic (exact) mass is 283 g/mol. The number of aromatic nitrogens is 2. The number of nitrogens with one attached hydrogen (secondary N) is 1. The van der Waals surface area contributed by atoms with Crippen molar-refractivity contribution in [3.63, 3.8) is 0 Å². The predicted molar refractivity (Wildman–Crippen MR) is 78.8 cm³/mol. The van der Waals surface area contributed by atoms with Gasteiger partial charge in [-0.15, -0.1) is 0 Å². The number of anilines is 1. The van der Waals surface area contributed by atoms with Crippen LogP contribution < -0.4 is 10.9 Å². The van der Waals surface area contributed by atoms with Crippen molar-refractivity contribution in [1.82, 2.24) is 9.78 Å².